The van der Waals surface area contributed by atoms with E-state index in [0.29, 0.717) is 19.1 Å². The van der Waals surface area contributed by atoms with Crippen LogP contribution in [-0.4, -0.2) is 26.4 Å². The van der Waals surface area contributed by atoms with E-state index in [1.54, 1.807) is 0 Å². The van der Waals surface area contributed by atoms with Crippen molar-refractivity contribution in [3.05, 3.63) is 27.7 Å². The summed E-state index contributed by atoms with van der Waals surface area (Å²) in [5.74, 6) is 1.54. The Balaban J connectivity index is 2.58. The van der Waals surface area contributed by atoms with Crippen molar-refractivity contribution in [3.8, 4) is 5.75 Å². The van der Waals surface area contributed by atoms with E-state index in [4.69, 9.17) is 9.47 Å². The van der Waals surface area contributed by atoms with E-state index in [2.05, 4.69) is 61.1 Å². The Labute approximate surface area is 131 Å². The van der Waals surface area contributed by atoms with Gasteiger partial charge >= 0.3 is 0 Å². The number of hydrogen-bond acceptors (Lipinski definition) is 3. The molecule has 0 fully saturated rings. The third kappa shape index (κ3) is 6.25. The van der Waals surface area contributed by atoms with Gasteiger partial charge in [0.2, 0.25) is 0 Å². The molecule has 114 valence electrons. The van der Waals surface area contributed by atoms with Crippen molar-refractivity contribution in [2.45, 2.75) is 34.2 Å². The minimum absolute atomic E-state index is 0.564. The molecule has 0 heterocycles. The molecule has 0 aliphatic rings. The minimum atomic E-state index is 0.564. The van der Waals surface area contributed by atoms with Gasteiger partial charge in [0, 0.05) is 23.2 Å². The molecular weight excluding hydrogens is 318 g/mol. The van der Waals surface area contributed by atoms with E-state index in [9.17, 15) is 0 Å². The van der Waals surface area contributed by atoms with Gasteiger partial charge in [-0.2, -0.15) is 0 Å². The quantitative estimate of drug-likeness (QED) is 0.689. The van der Waals surface area contributed by atoms with Crippen LogP contribution in [0.2, 0.25) is 0 Å². The van der Waals surface area contributed by atoms with Gasteiger partial charge in [-0.15, -0.1) is 0 Å². The maximum atomic E-state index is 5.92. The first-order valence-corrected chi connectivity index (χ1v) is 8.04. The Hall–Kier alpha value is -0.580. The molecule has 0 radical (unpaired) electrons. The fraction of sp³-hybridized carbons (Fsp3) is 0.625. The van der Waals surface area contributed by atoms with Crippen molar-refractivity contribution in [2.75, 3.05) is 26.4 Å². The maximum absolute atomic E-state index is 5.92. The standard InChI is InChI=1S/C16H26BrNO2/c1-5-18-10-14-9-15(17)8-13(4)16(14)20-7-6-19-11-12(2)3/h8-9,12,18H,5-7,10-11H2,1-4H3. The lowest BCUT2D eigenvalue weighted by Gasteiger charge is -2.15. The van der Waals surface area contributed by atoms with Crippen LogP contribution in [0.5, 0.6) is 5.75 Å². The van der Waals surface area contributed by atoms with Gasteiger partial charge in [0.25, 0.3) is 0 Å². The molecule has 1 N–H and O–H groups in total. The van der Waals surface area contributed by atoms with Gasteiger partial charge in [0.05, 0.1) is 6.61 Å². The number of hydrogen-bond donors (Lipinski definition) is 1. The van der Waals surface area contributed by atoms with Gasteiger partial charge in [-0.1, -0.05) is 36.7 Å². The van der Waals surface area contributed by atoms with Gasteiger partial charge in [-0.3, -0.25) is 0 Å². The summed E-state index contributed by atoms with van der Waals surface area (Å²) in [6.45, 7) is 12.2. The van der Waals surface area contributed by atoms with E-state index in [1.165, 1.54) is 5.56 Å². The maximum Gasteiger partial charge on any atom is 0.126 e. The molecular formula is C16H26BrNO2. The summed E-state index contributed by atoms with van der Waals surface area (Å²) in [6.07, 6.45) is 0. The highest BCUT2D eigenvalue weighted by molar-refractivity contribution is 9.10. The van der Waals surface area contributed by atoms with Crippen LogP contribution in [0.4, 0.5) is 0 Å². The summed E-state index contributed by atoms with van der Waals surface area (Å²) in [5.41, 5.74) is 2.33. The van der Waals surface area contributed by atoms with Crippen LogP contribution >= 0.6 is 15.9 Å². The Morgan fingerprint density at radius 2 is 2.00 bits per heavy atom. The molecule has 0 saturated heterocycles. The number of benzene rings is 1. The highest BCUT2D eigenvalue weighted by atomic mass is 79.9. The average Bonchev–Trinajstić information content (AvgIpc) is 2.37. The van der Waals surface area contributed by atoms with Crippen molar-refractivity contribution in [1.82, 2.24) is 5.32 Å². The molecule has 0 spiro atoms. The van der Waals surface area contributed by atoms with Crippen molar-refractivity contribution < 1.29 is 9.47 Å². The molecule has 0 aromatic heterocycles. The van der Waals surface area contributed by atoms with Gasteiger partial charge in [0.1, 0.15) is 12.4 Å². The van der Waals surface area contributed by atoms with Gasteiger partial charge in [-0.25, -0.2) is 0 Å². The van der Waals surface area contributed by atoms with Crippen molar-refractivity contribution in [1.29, 1.82) is 0 Å². The fourth-order valence-corrected chi connectivity index (χ4v) is 2.54. The first kappa shape index (κ1) is 17.5. The third-order valence-electron chi connectivity index (χ3n) is 2.81. The summed E-state index contributed by atoms with van der Waals surface area (Å²) in [6, 6.07) is 4.19. The Morgan fingerprint density at radius 3 is 2.65 bits per heavy atom. The van der Waals surface area contributed by atoms with E-state index in [0.717, 1.165) is 35.5 Å². The molecule has 1 aromatic carbocycles. The van der Waals surface area contributed by atoms with E-state index < -0.39 is 0 Å². The van der Waals surface area contributed by atoms with Gasteiger partial charge < -0.3 is 14.8 Å². The summed E-state index contributed by atoms with van der Waals surface area (Å²) in [4.78, 5) is 0. The normalized spacial score (nSPS) is 11.1. The summed E-state index contributed by atoms with van der Waals surface area (Å²) in [5, 5.41) is 3.34. The summed E-state index contributed by atoms with van der Waals surface area (Å²) in [7, 11) is 0. The second kappa shape index (κ2) is 9.37. The third-order valence-corrected chi connectivity index (χ3v) is 3.26. The lowest BCUT2D eigenvalue weighted by molar-refractivity contribution is 0.0814. The second-order valence-electron chi connectivity index (χ2n) is 5.31. The second-order valence-corrected chi connectivity index (χ2v) is 6.22. The van der Waals surface area contributed by atoms with Crippen LogP contribution < -0.4 is 10.1 Å². The monoisotopic (exact) mass is 343 g/mol. The van der Waals surface area contributed by atoms with E-state index in [1.807, 2.05) is 0 Å². The number of nitrogens with one attached hydrogen (secondary N) is 1. The fourth-order valence-electron chi connectivity index (χ4n) is 1.92. The number of aryl methyl sites for hydroxylation is 1. The first-order chi connectivity index (χ1) is 9.54. The van der Waals surface area contributed by atoms with E-state index in [-0.39, 0.29) is 0 Å². The predicted octanol–water partition coefficient (Wildman–Crippen LogP) is 3.92. The number of halogens is 1. The molecule has 0 atom stereocenters. The van der Waals surface area contributed by atoms with Crippen molar-refractivity contribution >= 4 is 15.9 Å². The van der Waals surface area contributed by atoms with Crippen LogP contribution in [0.3, 0.4) is 0 Å². The van der Waals surface area contributed by atoms with Gasteiger partial charge in [-0.05, 0) is 37.1 Å². The van der Waals surface area contributed by atoms with Crippen molar-refractivity contribution in [2.24, 2.45) is 5.92 Å². The molecule has 1 rings (SSSR count). The molecule has 0 aliphatic heterocycles. The number of rotatable bonds is 9. The largest absolute Gasteiger partial charge is 0.491 e. The molecule has 0 unspecified atom stereocenters. The molecule has 1 aromatic rings. The smallest absolute Gasteiger partial charge is 0.126 e. The molecule has 0 saturated carbocycles. The zero-order valence-electron chi connectivity index (χ0n) is 13.0. The van der Waals surface area contributed by atoms with Crippen LogP contribution in [0, 0.1) is 12.8 Å². The van der Waals surface area contributed by atoms with Crippen LogP contribution in [0.1, 0.15) is 31.9 Å². The lowest BCUT2D eigenvalue weighted by Crippen LogP contribution is -2.15. The average molecular weight is 344 g/mol. The lowest BCUT2D eigenvalue weighted by atomic mass is 10.1. The van der Waals surface area contributed by atoms with Crippen LogP contribution in [0.15, 0.2) is 16.6 Å². The number of ether oxygens (including phenoxy) is 2. The summed E-state index contributed by atoms with van der Waals surface area (Å²) < 4.78 is 12.6. The topological polar surface area (TPSA) is 30.5 Å². The van der Waals surface area contributed by atoms with Gasteiger partial charge in [0.15, 0.2) is 0 Å². The Kier molecular flexibility index (Phi) is 8.19. The SMILES string of the molecule is CCNCc1cc(Br)cc(C)c1OCCOCC(C)C. The van der Waals surface area contributed by atoms with Crippen LogP contribution in [-0.2, 0) is 11.3 Å². The zero-order valence-corrected chi connectivity index (χ0v) is 14.5. The highest BCUT2D eigenvalue weighted by Crippen LogP contribution is 2.28. The summed E-state index contributed by atoms with van der Waals surface area (Å²) >= 11 is 3.54. The first-order valence-electron chi connectivity index (χ1n) is 7.24. The molecule has 0 aliphatic carbocycles. The van der Waals surface area contributed by atoms with E-state index >= 15 is 0 Å². The van der Waals surface area contributed by atoms with Crippen molar-refractivity contribution in [3.63, 3.8) is 0 Å². The Morgan fingerprint density at radius 1 is 1.25 bits per heavy atom. The van der Waals surface area contributed by atoms with Crippen LogP contribution in [0.25, 0.3) is 0 Å². The molecule has 4 heteroatoms. The molecule has 0 amide bonds. The highest BCUT2D eigenvalue weighted by Gasteiger charge is 2.09. The zero-order chi connectivity index (χ0) is 15.0. The minimum Gasteiger partial charge on any atom is -0.491 e. The predicted molar refractivity (Wildman–Crippen MR) is 87.4 cm³/mol. The molecule has 3 nitrogen and oxygen atoms in total. The molecule has 0 bridgehead atoms. The Bertz CT molecular complexity index is 408. The molecule has 20 heavy (non-hydrogen) atoms.